The van der Waals surface area contributed by atoms with Crippen molar-refractivity contribution in [2.75, 3.05) is 13.1 Å². The molecule has 1 fully saturated rings. The van der Waals surface area contributed by atoms with Gasteiger partial charge in [-0.2, -0.15) is 0 Å². The van der Waals surface area contributed by atoms with Crippen molar-refractivity contribution in [1.82, 2.24) is 4.90 Å². The van der Waals surface area contributed by atoms with Gasteiger partial charge in [-0.1, -0.05) is 6.92 Å². The van der Waals surface area contributed by atoms with E-state index in [1.807, 2.05) is 0 Å². The van der Waals surface area contributed by atoms with E-state index in [0.717, 1.165) is 25.2 Å². The maximum atomic E-state index is 5.55. The first kappa shape index (κ1) is 9.01. The van der Waals surface area contributed by atoms with Crippen molar-refractivity contribution in [3.63, 3.8) is 0 Å². The van der Waals surface area contributed by atoms with Crippen molar-refractivity contribution < 1.29 is 0 Å². The molecule has 2 heteroatoms. The maximum Gasteiger partial charge on any atom is 0.0110 e. The number of hydrogen-bond donors (Lipinski definition) is 1. The summed E-state index contributed by atoms with van der Waals surface area (Å²) in [6, 6.07) is 1.60. The van der Waals surface area contributed by atoms with Crippen LogP contribution < -0.4 is 5.73 Å². The van der Waals surface area contributed by atoms with Gasteiger partial charge in [-0.25, -0.2) is 0 Å². The molecule has 0 aromatic heterocycles. The lowest BCUT2D eigenvalue weighted by atomic mass is 10.2. The number of rotatable bonds is 5. The van der Waals surface area contributed by atoms with Gasteiger partial charge in [0.25, 0.3) is 0 Å². The van der Waals surface area contributed by atoms with Crippen LogP contribution >= 0.6 is 0 Å². The van der Waals surface area contributed by atoms with Crippen molar-refractivity contribution in [3.8, 4) is 0 Å². The molecule has 1 atom stereocenters. The molecular formula is C9H20N2. The van der Waals surface area contributed by atoms with Gasteiger partial charge in [0.1, 0.15) is 0 Å². The number of nitrogens with two attached hydrogens (primary N) is 1. The van der Waals surface area contributed by atoms with Crippen molar-refractivity contribution in [1.29, 1.82) is 0 Å². The molecule has 0 aliphatic heterocycles. The zero-order valence-electron chi connectivity index (χ0n) is 7.71. The Morgan fingerprint density at radius 1 is 1.55 bits per heavy atom. The van der Waals surface area contributed by atoms with Gasteiger partial charge in [0.2, 0.25) is 0 Å². The molecule has 11 heavy (non-hydrogen) atoms. The third-order valence-corrected chi connectivity index (χ3v) is 2.56. The van der Waals surface area contributed by atoms with Gasteiger partial charge in [-0.05, 0) is 26.2 Å². The molecule has 0 aromatic rings. The van der Waals surface area contributed by atoms with Crippen LogP contribution in [-0.2, 0) is 0 Å². The van der Waals surface area contributed by atoms with Gasteiger partial charge in [-0.15, -0.1) is 0 Å². The van der Waals surface area contributed by atoms with E-state index in [2.05, 4.69) is 18.7 Å². The van der Waals surface area contributed by atoms with E-state index >= 15 is 0 Å². The van der Waals surface area contributed by atoms with Crippen LogP contribution in [0.25, 0.3) is 0 Å². The second-order valence-corrected chi connectivity index (χ2v) is 3.51. The number of nitrogens with zero attached hydrogens (tertiary/aromatic N) is 1. The smallest absolute Gasteiger partial charge is 0.0110 e. The fourth-order valence-corrected chi connectivity index (χ4v) is 1.55. The fraction of sp³-hybridized carbons (Fsp3) is 1.00. The molecule has 0 bridgehead atoms. The van der Waals surface area contributed by atoms with Crippen molar-refractivity contribution >= 4 is 0 Å². The van der Waals surface area contributed by atoms with Gasteiger partial charge < -0.3 is 5.73 Å². The van der Waals surface area contributed by atoms with Crippen LogP contribution in [0.2, 0.25) is 0 Å². The van der Waals surface area contributed by atoms with Crippen LogP contribution in [0.1, 0.15) is 33.1 Å². The zero-order valence-corrected chi connectivity index (χ0v) is 7.71. The van der Waals surface area contributed by atoms with Gasteiger partial charge in [-0.3, -0.25) is 4.90 Å². The Morgan fingerprint density at radius 2 is 2.18 bits per heavy atom. The van der Waals surface area contributed by atoms with Crippen molar-refractivity contribution in [2.24, 2.45) is 5.73 Å². The van der Waals surface area contributed by atoms with Gasteiger partial charge in [0, 0.05) is 25.2 Å². The SMILES string of the molecule is CCC(C)N(CCN)C1CC1. The molecule has 2 nitrogen and oxygen atoms in total. The molecule has 2 N–H and O–H groups in total. The van der Waals surface area contributed by atoms with Crippen molar-refractivity contribution in [2.45, 2.75) is 45.2 Å². The molecule has 1 rings (SSSR count). The fourth-order valence-electron chi connectivity index (χ4n) is 1.55. The Labute approximate surface area is 69.8 Å². The standard InChI is InChI=1S/C9H20N2/c1-3-8(2)11(7-6-10)9-4-5-9/h8-9H,3-7,10H2,1-2H3. The first-order valence-corrected chi connectivity index (χ1v) is 4.75. The summed E-state index contributed by atoms with van der Waals surface area (Å²) in [5, 5.41) is 0. The number of hydrogen-bond acceptors (Lipinski definition) is 2. The summed E-state index contributed by atoms with van der Waals surface area (Å²) >= 11 is 0. The summed E-state index contributed by atoms with van der Waals surface area (Å²) in [7, 11) is 0. The van der Waals surface area contributed by atoms with E-state index in [-0.39, 0.29) is 0 Å². The van der Waals surface area contributed by atoms with E-state index in [9.17, 15) is 0 Å². The highest BCUT2D eigenvalue weighted by atomic mass is 15.2. The highest BCUT2D eigenvalue weighted by Crippen LogP contribution is 2.28. The summed E-state index contributed by atoms with van der Waals surface area (Å²) in [5.74, 6) is 0. The normalized spacial score (nSPS) is 20.7. The minimum atomic E-state index is 0.728. The van der Waals surface area contributed by atoms with E-state index in [1.165, 1.54) is 19.3 Å². The minimum Gasteiger partial charge on any atom is -0.329 e. The van der Waals surface area contributed by atoms with Gasteiger partial charge >= 0.3 is 0 Å². The largest absolute Gasteiger partial charge is 0.329 e. The summed E-state index contributed by atoms with van der Waals surface area (Å²) < 4.78 is 0. The van der Waals surface area contributed by atoms with E-state index in [0.29, 0.717) is 0 Å². The molecule has 0 spiro atoms. The molecule has 1 aliphatic rings. The molecule has 0 saturated heterocycles. The molecule has 1 unspecified atom stereocenters. The third-order valence-electron chi connectivity index (χ3n) is 2.56. The first-order valence-electron chi connectivity index (χ1n) is 4.75. The van der Waals surface area contributed by atoms with Crippen LogP contribution in [0.3, 0.4) is 0 Å². The van der Waals surface area contributed by atoms with Crippen LogP contribution in [0.5, 0.6) is 0 Å². The monoisotopic (exact) mass is 156 g/mol. The second kappa shape index (κ2) is 4.07. The molecule has 0 heterocycles. The molecule has 0 radical (unpaired) electrons. The van der Waals surface area contributed by atoms with E-state index in [4.69, 9.17) is 5.73 Å². The maximum absolute atomic E-state index is 5.55. The Bertz CT molecular complexity index is 110. The van der Waals surface area contributed by atoms with Gasteiger partial charge in [0.15, 0.2) is 0 Å². The zero-order chi connectivity index (χ0) is 8.27. The third kappa shape index (κ3) is 2.46. The molecule has 66 valence electrons. The topological polar surface area (TPSA) is 29.3 Å². The average molecular weight is 156 g/mol. The lowest BCUT2D eigenvalue weighted by Crippen LogP contribution is -2.38. The summed E-state index contributed by atoms with van der Waals surface area (Å²) in [4.78, 5) is 2.56. The van der Waals surface area contributed by atoms with Crippen LogP contribution in [-0.4, -0.2) is 30.1 Å². The minimum absolute atomic E-state index is 0.728. The Hall–Kier alpha value is -0.0800. The quantitative estimate of drug-likeness (QED) is 0.648. The Kier molecular flexibility index (Phi) is 3.34. The predicted molar refractivity (Wildman–Crippen MR) is 48.5 cm³/mol. The summed E-state index contributed by atoms with van der Waals surface area (Å²) in [6.07, 6.45) is 4.03. The molecule has 0 amide bonds. The highest BCUT2D eigenvalue weighted by Gasteiger charge is 2.30. The Balaban J connectivity index is 2.30. The molecule has 1 aliphatic carbocycles. The Morgan fingerprint density at radius 3 is 2.55 bits per heavy atom. The lowest BCUT2D eigenvalue weighted by Gasteiger charge is -2.27. The predicted octanol–water partition coefficient (Wildman–Crippen LogP) is 1.21. The van der Waals surface area contributed by atoms with Crippen LogP contribution in [0.15, 0.2) is 0 Å². The summed E-state index contributed by atoms with van der Waals surface area (Å²) in [6.45, 7) is 6.44. The first-order chi connectivity index (χ1) is 5.29. The van der Waals surface area contributed by atoms with Gasteiger partial charge in [0.05, 0.1) is 0 Å². The average Bonchev–Trinajstić information content (AvgIpc) is 2.81. The second-order valence-electron chi connectivity index (χ2n) is 3.51. The highest BCUT2D eigenvalue weighted by molar-refractivity contribution is 4.87. The molecular weight excluding hydrogens is 136 g/mol. The summed E-state index contributed by atoms with van der Waals surface area (Å²) in [5.41, 5.74) is 5.55. The lowest BCUT2D eigenvalue weighted by molar-refractivity contribution is 0.199. The van der Waals surface area contributed by atoms with Crippen molar-refractivity contribution in [3.05, 3.63) is 0 Å². The van der Waals surface area contributed by atoms with Crippen LogP contribution in [0.4, 0.5) is 0 Å². The van der Waals surface area contributed by atoms with E-state index in [1.54, 1.807) is 0 Å². The van der Waals surface area contributed by atoms with E-state index < -0.39 is 0 Å². The van der Waals surface area contributed by atoms with Crippen LogP contribution in [0, 0.1) is 0 Å². The molecule has 1 saturated carbocycles. The molecule has 0 aromatic carbocycles.